The van der Waals surface area contributed by atoms with Gasteiger partial charge in [0.1, 0.15) is 12.4 Å². The van der Waals surface area contributed by atoms with Crippen LogP contribution in [0.3, 0.4) is 0 Å². The third-order valence-corrected chi connectivity index (χ3v) is 2.84. The summed E-state index contributed by atoms with van der Waals surface area (Å²) in [7, 11) is 3.94. The number of nitrogens with one attached hydrogen (secondary N) is 2. The molecule has 0 bridgehead atoms. The molecule has 0 unspecified atom stereocenters. The molecule has 122 valence electrons. The Kier molecular flexibility index (Phi) is 5.64. The van der Waals surface area contributed by atoms with Crippen LogP contribution >= 0.6 is 0 Å². The van der Waals surface area contributed by atoms with E-state index in [1.165, 1.54) is 6.08 Å². The van der Waals surface area contributed by atoms with Gasteiger partial charge in [-0.2, -0.15) is 5.21 Å². The molecule has 4 N–H and O–H groups in total. The molecular formula is C14H19N7O2. The number of aromatic nitrogens is 4. The molecule has 0 aliphatic rings. The number of anilines is 2. The number of carbonyl (C=O) groups is 1. The molecular weight excluding hydrogens is 298 g/mol. The highest BCUT2D eigenvalue weighted by Crippen LogP contribution is 2.23. The smallest absolute Gasteiger partial charge is 0.270 e. The lowest BCUT2D eigenvalue weighted by molar-refractivity contribution is -0.111. The van der Waals surface area contributed by atoms with Crippen molar-refractivity contribution in [2.45, 2.75) is 0 Å². The van der Waals surface area contributed by atoms with Crippen LogP contribution in [0.15, 0.2) is 24.3 Å². The summed E-state index contributed by atoms with van der Waals surface area (Å²) in [6.45, 7) is 1.36. The average molecular weight is 317 g/mol. The summed E-state index contributed by atoms with van der Waals surface area (Å²) in [4.78, 5) is 13.7. The van der Waals surface area contributed by atoms with E-state index in [1.54, 1.807) is 18.2 Å². The third-order valence-electron chi connectivity index (χ3n) is 2.84. The fourth-order valence-corrected chi connectivity index (χ4v) is 1.68. The Bertz CT molecular complexity index is 668. The van der Waals surface area contributed by atoms with Gasteiger partial charge in [-0.05, 0) is 43.1 Å². The number of ether oxygens (including phenoxy) is 1. The molecule has 1 aromatic heterocycles. The summed E-state index contributed by atoms with van der Waals surface area (Å²) in [5, 5.41) is 15.3. The van der Waals surface area contributed by atoms with Crippen molar-refractivity contribution in [1.82, 2.24) is 25.5 Å². The molecule has 0 saturated heterocycles. The van der Waals surface area contributed by atoms with Crippen molar-refractivity contribution in [1.29, 1.82) is 0 Å². The van der Waals surface area contributed by atoms with Crippen molar-refractivity contribution in [2.24, 2.45) is 0 Å². The lowest BCUT2D eigenvalue weighted by Crippen LogP contribution is -2.19. The summed E-state index contributed by atoms with van der Waals surface area (Å²) in [6.07, 6.45) is 2.99. The minimum absolute atomic E-state index is 0.115. The topological polar surface area (TPSA) is 122 Å². The zero-order valence-electron chi connectivity index (χ0n) is 13.0. The monoisotopic (exact) mass is 317 g/mol. The number of nitrogen functional groups attached to an aromatic ring is 1. The summed E-state index contributed by atoms with van der Waals surface area (Å²) >= 11 is 0. The van der Waals surface area contributed by atoms with Crippen LogP contribution in [-0.2, 0) is 4.79 Å². The van der Waals surface area contributed by atoms with Crippen molar-refractivity contribution >= 4 is 23.6 Å². The van der Waals surface area contributed by atoms with Gasteiger partial charge in [0.2, 0.25) is 0 Å². The second-order valence-corrected chi connectivity index (χ2v) is 5.01. The quantitative estimate of drug-likeness (QED) is 0.498. The van der Waals surface area contributed by atoms with Gasteiger partial charge in [-0.3, -0.25) is 10.1 Å². The first-order valence-electron chi connectivity index (χ1n) is 6.94. The fraction of sp³-hybridized carbons (Fsp3) is 0.286. The normalized spacial score (nSPS) is 11.1. The summed E-state index contributed by atoms with van der Waals surface area (Å²) in [5.41, 5.74) is 7.25. The Labute approximate surface area is 133 Å². The number of hydrogen-bond acceptors (Lipinski definition) is 7. The van der Waals surface area contributed by atoms with E-state index in [4.69, 9.17) is 10.5 Å². The lowest BCUT2D eigenvalue weighted by atomic mass is 10.1. The van der Waals surface area contributed by atoms with E-state index < -0.39 is 0 Å². The zero-order valence-corrected chi connectivity index (χ0v) is 13.0. The van der Waals surface area contributed by atoms with Crippen LogP contribution in [0.1, 0.15) is 5.56 Å². The van der Waals surface area contributed by atoms with Crippen molar-refractivity contribution < 1.29 is 9.53 Å². The number of rotatable bonds is 7. The first-order valence-corrected chi connectivity index (χ1v) is 6.94. The Morgan fingerprint density at radius 1 is 1.48 bits per heavy atom. The molecule has 0 atom stereocenters. The van der Waals surface area contributed by atoms with E-state index in [0.29, 0.717) is 18.0 Å². The highest BCUT2D eigenvalue weighted by atomic mass is 16.5. The zero-order chi connectivity index (χ0) is 16.7. The SMILES string of the molecule is CN(C)CCOc1ccc(/C=C\C(=O)Nc2nn[nH]n2)cc1N. The minimum atomic E-state index is -0.365. The maximum atomic E-state index is 11.7. The Morgan fingerprint density at radius 2 is 2.30 bits per heavy atom. The van der Waals surface area contributed by atoms with Gasteiger partial charge in [0.05, 0.1) is 5.69 Å². The summed E-state index contributed by atoms with van der Waals surface area (Å²) in [6, 6.07) is 5.34. The van der Waals surface area contributed by atoms with E-state index in [1.807, 2.05) is 25.1 Å². The van der Waals surface area contributed by atoms with Crippen LogP contribution in [0.25, 0.3) is 6.08 Å². The van der Waals surface area contributed by atoms with Crippen LogP contribution in [-0.4, -0.2) is 58.7 Å². The van der Waals surface area contributed by atoms with Gasteiger partial charge in [-0.1, -0.05) is 11.2 Å². The van der Waals surface area contributed by atoms with Gasteiger partial charge >= 0.3 is 0 Å². The maximum Gasteiger partial charge on any atom is 0.270 e. The van der Waals surface area contributed by atoms with E-state index >= 15 is 0 Å². The predicted molar refractivity (Wildman–Crippen MR) is 86.7 cm³/mol. The van der Waals surface area contributed by atoms with Crippen molar-refractivity contribution in [3.8, 4) is 5.75 Å². The van der Waals surface area contributed by atoms with Crippen LogP contribution in [0.5, 0.6) is 5.75 Å². The van der Waals surface area contributed by atoms with Gasteiger partial charge in [0.25, 0.3) is 11.9 Å². The number of amides is 1. The highest BCUT2D eigenvalue weighted by Gasteiger charge is 2.03. The fourth-order valence-electron chi connectivity index (χ4n) is 1.68. The van der Waals surface area contributed by atoms with Crippen LogP contribution < -0.4 is 15.8 Å². The molecule has 1 aromatic carbocycles. The molecule has 2 aromatic rings. The molecule has 9 nitrogen and oxygen atoms in total. The number of hydrogen-bond donors (Lipinski definition) is 3. The molecule has 1 amide bonds. The summed E-state index contributed by atoms with van der Waals surface area (Å²) in [5.74, 6) is 0.375. The van der Waals surface area contributed by atoms with Crippen LogP contribution in [0, 0.1) is 0 Å². The van der Waals surface area contributed by atoms with E-state index in [0.717, 1.165) is 12.1 Å². The lowest BCUT2D eigenvalue weighted by Gasteiger charge is -2.12. The van der Waals surface area contributed by atoms with Crippen LogP contribution in [0.4, 0.5) is 11.6 Å². The second-order valence-electron chi connectivity index (χ2n) is 5.01. The predicted octanol–water partition coefficient (Wildman–Crippen LogP) is 0.374. The molecule has 0 aliphatic carbocycles. The molecule has 0 fully saturated rings. The summed E-state index contributed by atoms with van der Waals surface area (Å²) < 4.78 is 5.60. The van der Waals surface area contributed by atoms with Gasteiger partial charge in [-0.15, -0.1) is 5.10 Å². The largest absolute Gasteiger partial charge is 0.490 e. The number of aromatic amines is 1. The van der Waals surface area contributed by atoms with Gasteiger partial charge < -0.3 is 15.4 Å². The minimum Gasteiger partial charge on any atom is -0.490 e. The van der Waals surface area contributed by atoms with E-state index in [-0.39, 0.29) is 11.9 Å². The van der Waals surface area contributed by atoms with E-state index in [2.05, 4.69) is 25.9 Å². The average Bonchev–Trinajstić information content (AvgIpc) is 2.99. The number of likely N-dealkylation sites (N-methyl/N-ethyl adjacent to an activating group) is 1. The standard InChI is InChI=1S/C14H19N7O2/c1-21(2)7-8-23-12-5-3-10(9-11(12)15)4-6-13(22)16-14-17-19-20-18-14/h3-6,9H,7-8,15H2,1-2H3,(H2,16,17,18,19,20,22)/b6-4-. The molecule has 0 saturated carbocycles. The number of tetrazole rings is 1. The van der Waals surface area contributed by atoms with E-state index in [9.17, 15) is 4.79 Å². The Hall–Kier alpha value is -2.94. The van der Waals surface area contributed by atoms with Crippen molar-refractivity contribution in [3.05, 3.63) is 29.8 Å². The maximum absolute atomic E-state index is 11.7. The Morgan fingerprint density at radius 3 is 2.96 bits per heavy atom. The van der Waals surface area contributed by atoms with Gasteiger partial charge in [0.15, 0.2) is 0 Å². The molecule has 0 aliphatic heterocycles. The van der Waals surface area contributed by atoms with Crippen molar-refractivity contribution in [2.75, 3.05) is 38.3 Å². The first kappa shape index (κ1) is 16.4. The molecule has 9 heteroatoms. The Balaban J connectivity index is 1.91. The molecule has 1 heterocycles. The number of benzene rings is 1. The molecule has 0 spiro atoms. The second kappa shape index (κ2) is 7.90. The molecule has 23 heavy (non-hydrogen) atoms. The number of nitrogens with two attached hydrogens (primary N) is 1. The number of nitrogens with zero attached hydrogens (tertiary/aromatic N) is 4. The van der Waals surface area contributed by atoms with Crippen molar-refractivity contribution in [3.63, 3.8) is 0 Å². The van der Waals surface area contributed by atoms with Crippen LogP contribution in [0.2, 0.25) is 0 Å². The molecule has 0 radical (unpaired) electrons. The van der Waals surface area contributed by atoms with Gasteiger partial charge in [-0.25, -0.2) is 0 Å². The number of carbonyl (C=O) groups excluding carboxylic acids is 1. The third kappa shape index (κ3) is 5.40. The van der Waals surface area contributed by atoms with Gasteiger partial charge in [0, 0.05) is 12.6 Å². The highest BCUT2D eigenvalue weighted by molar-refractivity contribution is 6.00. The first-order chi connectivity index (χ1) is 11.0. The number of H-pyrrole nitrogens is 1. The molecule has 2 rings (SSSR count).